The molecule has 0 saturated heterocycles. The lowest BCUT2D eigenvalue weighted by atomic mass is 10.1. The van der Waals surface area contributed by atoms with E-state index < -0.39 is 0 Å². The zero-order valence-corrected chi connectivity index (χ0v) is 14.2. The molecule has 0 aromatic carbocycles. The fourth-order valence-electron chi connectivity index (χ4n) is 2.41. The minimum absolute atomic E-state index is 0.892. The molecule has 0 fully saturated rings. The van der Waals surface area contributed by atoms with E-state index in [0.29, 0.717) is 0 Å². The fraction of sp³-hybridized carbons (Fsp3) is 0.524. The summed E-state index contributed by atoms with van der Waals surface area (Å²) in [4.78, 5) is 0. The molecule has 0 spiro atoms. The van der Waals surface area contributed by atoms with Crippen molar-refractivity contribution >= 4 is 6.08 Å². The Balaban J connectivity index is 1.87. The molecule has 0 unspecified atom stereocenters. The summed E-state index contributed by atoms with van der Waals surface area (Å²) in [5.41, 5.74) is 0. The Kier molecular flexibility index (Phi) is 12.2. The van der Waals surface area contributed by atoms with Gasteiger partial charge in [0.25, 0.3) is 0 Å². The van der Waals surface area contributed by atoms with Gasteiger partial charge < -0.3 is 4.42 Å². The standard InChI is InChI=1S/C21H32O/c1-2-3-4-5-6-7-8-9-10-11-12-13-14-15-16-18-21-19-17-20-22-21/h12-20H,2-11H2,1H3/b13-12+,15-14+,18-16+. The maximum absolute atomic E-state index is 5.21. The van der Waals surface area contributed by atoms with E-state index >= 15 is 0 Å². The second-order valence-corrected chi connectivity index (χ2v) is 5.80. The van der Waals surface area contributed by atoms with Gasteiger partial charge in [0.1, 0.15) is 5.76 Å². The smallest absolute Gasteiger partial charge is 0.126 e. The molecule has 1 heterocycles. The molecule has 0 aliphatic heterocycles. The Morgan fingerprint density at radius 3 is 2.18 bits per heavy atom. The van der Waals surface area contributed by atoms with Crippen molar-refractivity contribution < 1.29 is 4.42 Å². The first-order valence-electron chi connectivity index (χ1n) is 8.97. The number of hydrogen-bond donors (Lipinski definition) is 0. The first-order valence-corrected chi connectivity index (χ1v) is 8.97. The van der Waals surface area contributed by atoms with Crippen molar-refractivity contribution in [3.63, 3.8) is 0 Å². The Hall–Kier alpha value is -1.50. The maximum atomic E-state index is 5.21. The quantitative estimate of drug-likeness (QED) is 0.274. The van der Waals surface area contributed by atoms with Gasteiger partial charge in [0.15, 0.2) is 0 Å². The number of furan rings is 1. The third-order valence-corrected chi connectivity index (χ3v) is 3.75. The van der Waals surface area contributed by atoms with Gasteiger partial charge >= 0.3 is 0 Å². The lowest BCUT2D eigenvalue weighted by Crippen LogP contribution is -1.80. The first kappa shape index (κ1) is 18.5. The van der Waals surface area contributed by atoms with Gasteiger partial charge in [-0.25, -0.2) is 0 Å². The molecular weight excluding hydrogens is 268 g/mol. The molecule has 22 heavy (non-hydrogen) atoms. The number of allylic oxidation sites excluding steroid dienone is 5. The molecule has 0 aliphatic rings. The number of unbranched alkanes of at least 4 members (excludes halogenated alkanes) is 9. The van der Waals surface area contributed by atoms with Gasteiger partial charge in [-0.15, -0.1) is 0 Å². The van der Waals surface area contributed by atoms with E-state index in [4.69, 9.17) is 4.42 Å². The highest BCUT2D eigenvalue weighted by atomic mass is 16.3. The Morgan fingerprint density at radius 1 is 0.818 bits per heavy atom. The van der Waals surface area contributed by atoms with Crippen LogP contribution >= 0.6 is 0 Å². The van der Waals surface area contributed by atoms with Gasteiger partial charge in [-0.1, -0.05) is 88.7 Å². The average Bonchev–Trinajstić information content (AvgIpc) is 3.04. The van der Waals surface area contributed by atoms with E-state index in [1.54, 1.807) is 6.26 Å². The Labute approximate surface area is 136 Å². The predicted octanol–water partition coefficient (Wildman–Crippen LogP) is 7.33. The van der Waals surface area contributed by atoms with E-state index in [1.165, 1.54) is 64.2 Å². The van der Waals surface area contributed by atoms with Crippen LogP contribution in [0.4, 0.5) is 0 Å². The van der Waals surface area contributed by atoms with Crippen LogP contribution < -0.4 is 0 Å². The molecule has 1 aromatic rings. The maximum Gasteiger partial charge on any atom is 0.126 e. The summed E-state index contributed by atoms with van der Waals surface area (Å²) >= 11 is 0. The highest BCUT2D eigenvalue weighted by Gasteiger charge is 1.90. The van der Waals surface area contributed by atoms with Crippen LogP contribution in [0.5, 0.6) is 0 Å². The highest BCUT2D eigenvalue weighted by molar-refractivity contribution is 5.44. The van der Waals surface area contributed by atoms with Crippen molar-refractivity contribution in [3.05, 3.63) is 54.5 Å². The van der Waals surface area contributed by atoms with Crippen molar-refractivity contribution in [2.24, 2.45) is 0 Å². The molecule has 0 atom stereocenters. The molecule has 0 bridgehead atoms. The van der Waals surface area contributed by atoms with E-state index in [-0.39, 0.29) is 0 Å². The largest absolute Gasteiger partial charge is 0.465 e. The predicted molar refractivity (Wildman–Crippen MR) is 97.9 cm³/mol. The van der Waals surface area contributed by atoms with Crippen LogP contribution in [0.1, 0.15) is 76.9 Å². The van der Waals surface area contributed by atoms with E-state index in [9.17, 15) is 0 Å². The monoisotopic (exact) mass is 300 g/mol. The summed E-state index contributed by atoms with van der Waals surface area (Å²) in [6.45, 7) is 2.28. The van der Waals surface area contributed by atoms with Crippen molar-refractivity contribution in [2.75, 3.05) is 0 Å². The SMILES string of the molecule is CCCCCCCCCCC/C=C/C=C/C=C/c1ccco1. The number of rotatable bonds is 13. The summed E-state index contributed by atoms with van der Waals surface area (Å²) < 4.78 is 5.21. The van der Waals surface area contributed by atoms with E-state index in [2.05, 4.69) is 25.2 Å². The zero-order chi connectivity index (χ0) is 15.7. The molecule has 0 radical (unpaired) electrons. The van der Waals surface area contributed by atoms with Crippen molar-refractivity contribution in [3.8, 4) is 0 Å². The number of hydrogen-bond acceptors (Lipinski definition) is 1. The van der Waals surface area contributed by atoms with Crippen LogP contribution in [0, 0.1) is 0 Å². The van der Waals surface area contributed by atoms with Gasteiger partial charge in [-0.05, 0) is 31.1 Å². The molecule has 1 aromatic heterocycles. The fourth-order valence-corrected chi connectivity index (χ4v) is 2.41. The summed E-state index contributed by atoms with van der Waals surface area (Å²) in [5, 5.41) is 0. The van der Waals surface area contributed by atoms with Crippen LogP contribution in [-0.4, -0.2) is 0 Å². The van der Waals surface area contributed by atoms with Gasteiger partial charge in [-0.3, -0.25) is 0 Å². The lowest BCUT2D eigenvalue weighted by Gasteiger charge is -2.00. The average molecular weight is 300 g/mol. The Bertz CT molecular complexity index is 409. The second kappa shape index (κ2) is 14.4. The van der Waals surface area contributed by atoms with Crippen LogP contribution in [0.25, 0.3) is 6.08 Å². The van der Waals surface area contributed by atoms with Crippen molar-refractivity contribution in [1.82, 2.24) is 0 Å². The van der Waals surface area contributed by atoms with Crippen molar-refractivity contribution in [1.29, 1.82) is 0 Å². The molecule has 1 heteroatoms. The first-order chi connectivity index (χ1) is 10.9. The minimum Gasteiger partial charge on any atom is -0.465 e. The molecule has 0 aliphatic carbocycles. The lowest BCUT2D eigenvalue weighted by molar-refractivity contribution is 0.557. The van der Waals surface area contributed by atoms with Crippen LogP contribution in [-0.2, 0) is 0 Å². The van der Waals surface area contributed by atoms with E-state index in [1.807, 2.05) is 30.4 Å². The molecule has 0 N–H and O–H groups in total. The third-order valence-electron chi connectivity index (χ3n) is 3.75. The third kappa shape index (κ3) is 11.2. The van der Waals surface area contributed by atoms with Gasteiger partial charge in [0.2, 0.25) is 0 Å². The molecule has 1 rings (SSSR count). The summed E-state index contributed by atoms with van der Waals surface area (Å²) in [6.07, 6.45) is 27.9. The van der Waals surface area contributed by atoms with Crippen LogP contribution in [0.2, 0.25) is 0 Å². The van der Waals surface area contributed by atoms with E-state index in [0.717, 1.165) is 5.76 Å². The second-order valence-electron chi connectivity index (χ2n) is 5.80. The summed E-state index contributed by atoms with van der Waals surface area (Å²) in [5.74, 6) is 0.892. The minimum atomic E-state index is 0.892. The molecule has 0 saturated carbocycles. The Morgan fingerprint density at radius 2 is 1.50 bits per heavy atom. The highest BCUT2D eigenvalue weighted by Crippen LogP contribution is 2.10. The van der Waals surface area contributed by atoms with Gasteiger partial charge in [0, 0.05) is 0 Å². The van der Waals surface area contributed by atoms with Crippen LogP contribution in [0.15, 0.2) is 53.2 Å². The summed E-state index contributed by atoms with van der Waals surface area (Å²) in [6, 6.07) is 3.85. The zero-order valence-electron chi connectivity index (χ0n) is 14.2. The molecule has 0 amide bonds. The van der Waals surface area contributed by atoms with Crippen LogP contribution in [0.3, 0.4) is 0 Å². The summed E-state index contributed by atoms with van der Waals surface area (Å²) in [7, 11) is 0. The van der Waals surface area contributed by atoms with Gasteiger partial charge in [0.05, 0.1) is 6.26 Å². The molecule has 1 nitrogen and oxygen atoms in total. The molecule has 122 valence electrons. The molecular formula is C21H32O. The van der Waals surface area contributed by atoms with Crippen molar-refractivity contribution in [2.45, 2.75) is 71.1 Å². The van der Waals surface area contributed by atoms with Gasteiger partial charge in [-0.2, -0.15) is 0 Å². The topological polar surface area (TPSA) is 13.1 Å². The normalized spacial score (nSPS) is 12.2.